The molecule has 0 aliphatic carbocycles. The van der Waals surface area contributed by atoms with Gasteiger partial charge in [0.1, 0.15) is 5.75 Å². The summed E-state index contributed by atoms with van der Waals surface area (Å²) in [7, 11) is 0. The highest BCUT2D eigenvalue weighted by atomic mass is 16.5. The number of pyridine rings is 2. The van der Waals surface area contributed by atoms with Crippen LogP contribution < -0.4 is 10.1 Å². The van der Waals surface area contributed by atoms with Crippen molar-refractivity contribution in [3.8, 4) is 17.0 Å². The quantitative estimate of drug-likeness (QED) is 0.554. The molecule has 0 saturated carbocycles. The number of carbonyl (C=O) groups excluding carboxylic acids is 1. The van der Waals surface area contributed by atoms with Crippen LogP contribution in [0.1, 0.15) is 42.2 Å². The molecule has 3 aromatic rings. The Balaban J connectivity index is 1.55. The molecular formula is C24H25N5O2. The summed E-state index contributed by atoms with van der Waals surface area (Å²) < 4.78 is 5.86. The topological polar surface area (TPSA) is 88.8 Å². The predicted octanol–water partition coefficient (Wildman–Crippen LogP) is 4.34. The zero-order chi connectivity index (χ0) is 21.6. The lowest BCUT2D eigenvalue weighted by Crippen LogP contribution is -2.24. The zero-order valence-electron chi connectivity index (χ0n) is 17.8. The standard InChI is InChI=1S/C24H25N5O2/c1-3-31-23-15-21(17-8-11-25-16(2)13-17)28-22-14-18(6-7-20(22)23)24(30)26-10-4-5-19-9-12-27-29-19/h6-8,11-15H,3-5,9-10H2,1-2H3,(H,26,30). The van der Waals surface area contributed by atoms with Gasteiger partial charge in [-0.05, 0) is 57.0 Å². The molecule has 31 heavy (non-hydrogen) atoms. The van der Waals surface area contributed by atoms with Crippen LogP contribution >= 0.6 is 0 Å². The van der Waals surface area contributed by atoms with Crippen LogP contribution in [0.25, 0.3) is 22.2 Å². The Hall–Kier alpha value is -3.61. The van der Waals surface area contributed by atoms with E-state index in [2.05, 4.69) is 20.5 Å². The molecule has 0 radical (unpaired) electrons. The Labute approximate surface area is 181 Å². The van der Waals surface area contributed by atoms with Crippen molar-refractivity contribution >= 4 is 28.7 Å². The maximum atomic E-state index is 12.7. The van der Waals surface area contributed by atoms with Crippen LogP contribution in [0.5, 0.6) is 5.75 Å². The fourth-order valence-electron chi connectivity index (χ4n) is 3.52. The lowest BCUT2D eigenvalue weighted by atomic mass is 10.1. The number of hydrogen-bond donors (Lipinski definition) is 1. The van der Waals surface area contributed by atoms with Gasteiger partial charge in [0.15, 0.2) is 0 Å². The van der Waals surface area contributed by atoms with Crippen LogP contribution in [0.3, 0.4) is 0 Å². The SMILES string of the molecule is CCOc1cc(-c2ccnc(C)c2)nc2cc(C(=O)NCCCC3=NN=CC3)ccc12. The first-order chi connectivity index (χ1) is 15.1. The van der Waals surface area contributed by atoms with Gasteiger partial charge in [-0.1, -0.05) is 0 Å². The minimum absolute atomic E-state index is 0.114. The smallest absolute Gasteiger partial charge is 0.251 e. The minimum Gasteiger partial charge on any atom is -0.493 e. The van der Waals surface area contributed by atoms with Gasteiger partial charge in [-0.25, -0.2) is 4.98 Å². The Morgan fingerprint density at radius 1 is 1.19 bits per heavy atom. The Bertz CT molecular complexity index is 1170. The van der Waals surface area contributed by atoms with E-state index in [1.54, 1.807) is 12.4 Å². The van der Waals surface area contributed by atoms with E-state index in [4.69, 9.17) is 9.72 Å². The molecule has 158 valence electrons. The molecule has 7 heteroatoms. The van der Waals surface area contributed by atoms with Crippen LogP contribution in [-0.2, 0) is 0 Å². The number of hydrogen-bond acceptors (Lipinski definition) is 6. The van der Waals surface area contributed by atoms with E-state index in [0.717, 1.165) is 58.6 Å². The van der Waals surface area contributed by atoms with Crippen molar-refractivity contribution in [1.29, 1.82) is 0 Å². The minimum atomic E-state index is -0.114. The number of nitrogens with one attached hydrogen (secondary N) is 1. The Morgan fingerprint density at radius 2 is 2.10 bits per heavy atom. The van der Waals surface area contributed by atoms with Gasteiger partial charge in [0.25, 0.3) is 5.91 Å². The van der Waals surface area contributed by atoms with Gasteiger partial charge in [-0.3, -0.25) is 9.78 Å². The Kier molecular flexibility index (Phi) is 6.31. The summed E-state index contributed by atoms with van der Waals surface area (Å²) in [5.41, 5.74) is 5.03. The first kappa shape index (κ1) is 20.7. The van der Waals surface area contributed by atoms with Crippen molar-refractivity contribution in [3.63, 3.8) is 0 Å². The summed E-state index contributed by atoms with van der Waals surface area (Å²) in [5.74, 6) is 0.639. The summed E-state index contributed by atoms with van der Waals surface area (Å²) in [6.07, 6.45) is 6.05. The van der Waals surface area contributed by atoms with E-state index in [1.165, 1.54) is 0 Å². The molecule has 1 amide bonds. The lowest BCUT2D eigenvalue weighted by molar-refractivity contribution is 0.0953. The number of ether oxygens (including phenoxy) is 1. The summed E-state index contributed by atoms with van der Waals surface area (Å²) >= 11 is 0. The first-order valence-corrected chi connectivity index (χ1v) is 10.5. The van der Waals surface area contributed by atoms with Gasteiger partial charge in [-0.2, -0.15) is 10.2 Å². The van der Waals surface area contributed by atoms with Gasteiger partial charge in [-0.15, -0.1) is 0 Å². The van der Waals surface area contributed by atoms with Crippen molar-refractivity contribution in [3.05, 3.63) is 53.9 Å². The highest BCUT2D eigenvalue weighted by Gasteiger charge is 2.13. The molecule has 1 N–H and O–H groups in total. The highest BCUT2D eigenvalue weighted by Crippen LogP contribution is 2.31. The summed E-state index contributed by atoms with van der Waals surface area (Å²) in [4.78, 5) is 21.7. The van der Waals surface area contributed by atoms with E-state index < -0.39 is 0 Å². The summed E-state index contributed by atoms with van der Waals surface area (Å²) in [6.45, 7) is 5.03. The van der Waals surface area contributed by atoms with Crippen molar-refractivity contribution in [2.45, 2.75) is 33.1 Å². The molecule has 1 aliphatic rings. The third kappa shape index (κ3) is 4.94. The second-order valence-electron chi connectivity index (χ2n) is 7.38. The fraction of sp³-hybridized carbons (Fsp3) is 0.292. The van der Waals surface area contributed by atoms with Crippen molar-refractivity contribution in [2.24, 2.45) is 10.2 Å². The molecule has 0 unspecified atom stereocenters. The zero-order valence-corrected chi connectivity index (χ0v) is 17.8. The molecule has 0 saturated heterocycles. The maximum Gasteiger partial charge on any atom is 0.251 e. The monoisotopic (exact) mass is 415 g/mol. The second kappa shape index (κ2) is 9.47. The van der Waals surface area contributed by atoms with Crippen LogP contribution in [0, 0.1) is 6.92 Å². The van der Waals surface area contributed by atoms with E-state index >= 15 is 0 Å². The third-order valence-corrected chi connectivity index (χ3v) is 5.06. The van der Waals surface area contributed by atoms with Crippen molar-refractivity contribution in [2.75, 3.05) is 13.2 Å². The third-order valence-electron chi connectivity index (χ3n) is 5.06. The van der Waals surface area contributed by atoms with Crippen LogP contribution in [0.15, 0.2) is 52.8 Å². The largest absolute Gasteiger partial charge is 0.493 e. The van der Waals surface area contributed by atoms with Gasteiger partial charge in [0.2, 0.25) is 0 Å². The van der Waals surface area contributed by atoms with Gasteiger partial charge < -0.3 is 10.1 Å². The highest BCUT2D eigenvalue weighted by molar-refractivity contribution is 6.00. The van der Waals surface area contributed by atoms with E-state index in [9.17, 15) is 4.79 Å². The molecule has 0 fully saturated rings. The molecule has 1 aliphatic heterocycles. The summed E-state index contributed by atoms with van der Waals surface area (Å²) in [6, 6.07) is 11.4. The number of rotatable bonds is 8. The second-order valence-corrected chi connectivity index (χ2v) is 7.38. The van der Waals surface area contributed by atoms with Gasteiger partial charge in [0.05, 0.1) is 17.8 Å². The van der Waals surface area contributed by atoms with Gasteiger partial charge in [0, 0.05) is 59.4 Å². The summed E-state index contributed by atoms with van der Waals surface area (Å²) in [5, 5.41) is 11.8. The molecule has 2 aromatic heterocycles. The number of aromatic nitrogens is 2. The lowest BCUT2D eigenvalue weighted by Gasteiger charge is -2.12. The Morgan fingerprint density at radius 3 is 2.87 bits per heavy atom. The van der Waals surface area contributed by atoms with Crippen LogP contribution in [0.4, 0.5) is 0 Å². The number of aryl methyl sites for hydroxylation is 1. The number of carbonyl (C=O) groups is 1. The average molecular weight is 415 g/mol. The molecular weight excluding hydrogens is 390 g/mol. The van der Waals surface area contributed by atoms with Crippen molar-refractivity contribution in [1.82, 2.24) is 15.3 Å². The number of nitrogens with zero attached hydrogens (tertiary/aromatic N) is 4. The molecule has 3 heterocycles. The molecule has 4 rings (SSSR count). The molecule has 1 aromatic carbocycles. The van der Waals surface area contributed by atoms with Crippen LogP contribution in [-0.4, -0.2) is 41.0 Å². The van der Waals surface area contributed by atoms with Gasteiger partial charge >= 0.3 is 0 Å². The van der Waals surface area contributed by atoms with Crippen molar-refractivity contribution < 1.29 is 9.53 Å². The average Bonchev–Trinajstić information content (AvgIpc) is 3.30. The maximum absolute atomic E-state index is 12.7. The van der Waals surface area contributed by atoms with E-state index in [-0.39, 0.29) is 5.91 Å². The predicted molar refractivity (Wildman–Crippen MR) is 123 cm³/mol. The number of benzene rings is 1. The molecule has 0 bridgehead atoms. The molecule has 7 nitrogen and oxygen atoms in total. The fourth-order valence-corrected chi connectivity index (χ4v) is 3.52. The van der Waals surface area contributed by atoms with E-state index in [0.29, 0.717) is 18.7 Å². The normalized spacial score (nSPS) is 12.8. The number of amides is 1. The molecule has 0 spiro atoms. The first-order valence-electron chi connectivity index (χ1n) is 10.5. The number of fused-ring (bicyclic) bond motifs is 1. The molecule has 0 atom stereocenters. The van der Waals surface area contributed by atoms with Crippen LogP contribution in [0.2, 0.25) is 0 Å². The van der Waals surface area contributed by atoms with E-state index in [1.807, 2.05) is 50.2 Å².